The fourth-order valence-corrected chi connectivity index (χ4v) is 2.15. The average molecular weight is 301 g/mol. The van der Waals surface area contributed by atoms with Crippen molar-refractivity contribution in [1.82, 2.24) is 5.32 Å². The SMILES string of the molecule is COc1ccc(OC)c(C(=O)NCC2(N)CCC2)c1.Cl. The van der Waals surface area contributed by atoms with Gasteiger partial charge in [-0.15, -0.1) is 12.4 Å². The molecule has 1 aromatic carbocycles. The highest BCUT2D eigenvalue weighted by atomic mass is 35.5. The molecule has 1 aliphatic rings. The van der Waals surface area contributed by atoms with Crippen LogP contribution in [-0.4, -0.2) is 32.2 Å². The van der Waals surface area contributed by atoms with E-state index in [0.717, 1.165) is 19.3 Å². The summed E-state index contributed by atoms with van der Waals surface area (Å²) in [6.07, 6.45) is 3.06. The summed E-state index contributed by atoms with van der Waals surface area (Å²) in [5, 5.41) is 2.87. The quantitative estimate of drug-likeness (QED) is 0.868. The molecule has 1 aliphatic carbocycles. The van der Waals surface area contributed by atoms with Crippen LogP contribution in [0.3, 0.4) is 0 Å². The van der Waals surface area contributed by atoms with Crippen molar-refractivity contribution in [2.45, 2.75) is 24.8 Å². The van der Waals surface area contributed by atoms with E-state index >= 15 is 0 Å². The van der Waals surface area contributed by atoms with Crippen molar-refractivity contribution in [3.05, 3.63) is 23.8 Å². The van der Waals surface area contributed by atoms with Crippen molar-refractivity contribution in [1.29, 1.82) is 0 Å². The number of hydrogen-bond donors (Lipinski definition) is 2. The van der Waals surface area contributed by atoms with E-state index in [1.165, 1.54) is 7.11 Å². The van der Waals surface area contributed by atoms with Gasteiger partial charge < -0.3 is 20.5 Å². The summed E-state index contributed by atoms with van der Waals surface area (Å²) in [5.41, 5.74) is 6.31. The Bertz CT molecular complexity index is 475. The van der Waals surface area contributed by atoms with Gasteiger partial charge in [-0.2, -0.15) is 0 Å². The van der Waals surface area contributed by atoms with Crippen LogP contribution in [0.5, 0.6) is 11.5 Å². The number of hydrogen-bond acceptors (Lipinski definition) is 4. The van der Waals surface area contributed by atoms with Gasteiger partial charge in [0.1, 0.15) is 11.5 Å². The van der Waals surface area contributed by atoms with Crippen LogP contribution in [0.25, 0.3) is 0 Å². The molecule has 1 saturated carbocycles. The van der Waals surface area contributed by atoms with Gasteiger partial charge in [0.05, 0.1) is 19.8 Å². The molecule has 5 nitrogen and oxygen atoms in total. The molecule has 0 atom stereocenters. The summed E-state index contributed by atoms with van der Waals surface area (Å²) in [6, 6.07) is 5.14. The average Bonchev–Trinajstić information content (AvgIpc) is 2.41. The maximum absolute atomic E-state index is 12.2. The summed E-state index contributed by atoms with van der Waals surface area (Å²) in [5.74, 6) is 0.961. The molecule has 0 saturated heterocycles. The summed E-state index contributed by atoms with van der Waals surface area (Å²) < 4.78 is 10.3. The first-order chi connectivity index (χ1) is 9.08. The summed E-state index contributed by atoms with van der Waals surface area (Å²) >= 11 is 0. The van der Waals surface area contributed by atoms with Gasteiger partial charge in [0.2, 0.25) is 0 Å². The van der Waals surface area contributed by atoms with Gasteiger partial charge in [-0.3, -0.25) is 4.79 Å². The van der Waals surface area contributed by atoms with Crippen LogP contribution in [0, 0.1) is 0 Å². The van der Waals surface area contributed by atoms with Crippen LogP contribution in [0.1, 0.15) is 29.6 Å². The third kappa shape index (κ3) is 3.55. The highest BCUT2D eigenvalue weighted by Crippen LogP contribution is 2.29. The van der Waals surface area contributed by atoms with Crippen molar-refractivity contribution < 1.29 is 14.3 Å². The Morgan fingerprint density at radius 2 is 2.05 bits per heavy atom. The molecule has 0 unspecified atom stereocenters. The largest absolute Gasteiger partial charge is 0.497 e. The van der Waals surface area contributed by atoms with Gasteiger partial charge in [0.15, 0.2) is 0 Å². The molecule has 0 heterocycles. The van der Waals surface area contributed by atoms with Crippen LogP contribution in [-0.2, 0) is 0 Å². The lowest BCUT2D eigenvalue weighted by Crippen LogP contribution is -2.54. The lowest BCUT2D eigenvalue weighted by Gasteiger charge is -2.38. The maximum Gasteiger partial charge on any atom is 0.255 e. The molecule has 1 amide bonds. The Labute approximate surface area is 125 Å². The molecule has 1 fully saturated rings. The lowest BCUT2D eigenvalue weighted by molar-refractivity contribution is 0.0926. The number of rotatable bonds is 5. The van der Waals surface area contributed by atoms with Crippen LogP contribution < -0.4 is 20.5 Å². The first-order valence-electron chi connectivity index (χ1n) is 6.37. The highest BCUT2D eigenvalue weighted by molar-refractivity contribution is 5.97. The highest BCUT2D eigenvalue weighted by Gasteiger charge is 2.32. The van der Waals surface area contributed by atoms with Crippen molar-refractivity contribution in [2.24, 2.45) is 5.73 Å². The minimum absolute atomic E-state index is 0. The smallest absolute Gasteiger partial charge is 0.255 e. The third-order valence-electron chi connectivity index (χ3n) is 3.60. The van der Waals surface area contributed by atoms with Gasteiger partial charge in [0.25, 0.3) is 5.91 Å². The van der Waals surface area contributed by atoms with E-state index in [-0.39, 0.29) is 23.9 Å². The Balaban J connectivity index is 0.00000200. The number of carbonyl (C=O) groups excluding carboxylic acids is 1. The first kappa shape index (κ1) is 16.6. The zero-order chi connectivity index (χ0) is 13.9. The second kappa shape index (κ2) is 6.81. The van der Waals surface area contributed by atoms with Crippen LogP contribution >= 0.6 is 12.4 Å². The molecule has 0 bridgehead atoms. The molecule has 1 aromatic rings. The molecule has 0 aliphatic heterocycles. The monoisotopic (exact) mass is 300 g/mol. The molecule has 0 radical (unpaired) electrons. The number of amides is 1. The van der Waals surface area contributed by atoms with Crippen LogP contribution in [0.15, 0.2) is 18.2 Å². The van der Waals surface area contributed by atoms with Crippen molar-refractivity contribution in [2.75, 3.05) is 20.8 Å². The summed E-state index contributed by atoms with van der Waals surface area (Å²) in [6.45, 7) is 0.492. The summed E-state index contributed by atoms with van der Waals surface area (Å²) in [7, 11) is 3.10. The van der Waals surface area contributed by atoms with Crippen LogP contribution in [0.4, 0.5) is 0 Å². The lowest BCUT2D eigenvalue weighted by atomic mass is 9.78. The van der Waals surface area contributed by atoms with Gasteiger partial charge in [-0.1, -0.05) is 0 Å². The topological polar surface area (TPSA) is 73.6 Å². The van der Waals surface area contributed by atoms with Gasteiger partial charge in [-0.25, -0.2) is 0 Å². The Morgan fingerprint density at radius 3 is 2.55 bits per heavy atom. The van der Waals surface area contributed by atoms with Gasteiger partial charge in [-0.05, 0) is 37.5 Å². The predicted octanol–water partition coefficient (Wildman–Crippen LogP) is 1.74. The number of halogens is 1. The second-order valence-corrected chi connectivity index (χ2v) is 4.96. The molecule has 0 spiro atoms. The van der Waals surface area contributed by atoms with Crippen molar-refractivity contribution in [3.63, 3.8) is 0 Å². The molecule has 20 heavy (non-hydrogen) atoms. The first-order valence-corrected chi connectivity index (χ1v) is 6.37. The Morgan fingerprint density at radius 1 is 1.35 bits per heavy atom. The van der Waals surface area contributed by atoms with Gasteiger partial charge in [0, 0.05) is 12.1 Å². The molecule has 0 aromatic heterocycles. The Hall–Kier alpha value is -1.46. The third-order valence-corrected chi connectivity index (χ3v) is 3.60. The zero-order valence-electron chi connectivity index (χ0n) is 11.8. The number of nitrogens with two attached hydrogens (primary N) is 1. The van der Waals surface area contributed by atoms with Crippen LogP contribution in [0.2, 0.25) is 0 Å². The molecular formula is C14H21ClN2O3. The van der Waals surface area contributed by atoms with E-state index in [1.54, 1.807) is 25.3 Å². The number of carbonyl (C=O) groups is 1. The van der Waals surface area contributed by atoms with Crippen molar-refractivity contribution >= 4 is 18.3 Å². The van der Waals surface area contributed by atoms with Crippen molar-refractivity contribution in [3.8, 4) is 11.5 Å². The van der Waals surface area contributed by atoms with E-state index in [1.807, 2.05) is 0 Å². The van der Waals surface area contributed by atoms with Gasteiger partial charge >= 0.3 is 0 Å². The Kier molecular flexibility index (Phi) is 5.65. The number of nitrogens with one attached hydrogen (secondary N) is 1. The normalized spacial score (nSPS) is 15.6. The van der Waals surface area contributed by atoms with E-state index in [2.05, 4.69) is 5.32 Å². The number of ether oxygens (including phenoxy) is 2. The molecular weight excluding hydrogens is 280 g/mol. The van der Waals surface area contributed by atoms with E-state index < -0.39 is 0 Å². The zero-order valence-corrected chi connectivity index (χ0v) is 12.6. The molecule has 3 N–H and O–H groups in total. The predicted molar refractivity (Wildman–Crippen MR) is 79.9 cm³/mol. The summed E-state index contributed by atoms with van der Waals surface area (Å²) in [4.78, 5) is 12.2. The second-order valence-electron chi connectivity index (χ2n) is 4.96. The fraction of sp³-hybridized carbons (Fsp3) is 0.500. The molecule has 112 valence electrons. The minimum Gasteiger partial charge on any atom is -0.497 e. The number of benzene rings is 1. The molecule has 6 heteroatoms. The minimum atomic E-state index is -0.234. The standard InChI is InChI=1S/C14H20N2O3.ClH/c1-18-10-4-5-12(19-2)11(8-10)13(17)16-9-14(15)6-3-7-14;/h4-5,8H,3,6-7,9,15H2,1-2H3,(H,16,17);1H. The van der Waals surface area contributed by atoms with E-state index in [4.69, 9.17) is 15.2 Å². The fourth-order valence-electron chi connectivity index (χ4n) is 2.15. The van der Waals surface area contributed by atoms with E-state index in [9.17, 15) is 4.79 Å². The number of methoxy groups -OCH3 is 2. The molecule has 2 rings (SSSR count). The van der Waals surface area contributed by atoms with E-state index in [0.29, 0.717) is 23.6 Å². The maximum atomic E-state index is 12.2.